The second-order valence-corrected chi connectivity index (χ2v) is 5.73. The van der Waals surface area contributed by atoms with Crippen molar-refractivity contribution in [2.75, 3.05) is 20.2 Å². The molecule has 0 amide bonds. The molecule has 2 heterocycles. The molecule has 2 atom stereocenters. The molecule has 0 spiro atoms. The third kappa shape index (κ3) is 4.94. The zero-order chi connectivity index (χ0) is 15.4. The smallest absolute Gasteiger partial charge is 0.209 e. The van der Waals surface area contributed by atoms with Crippen molar-refractivity contribution < 1.29 is 9.15 Å². The molecule has 0 aliphatic carbocycles. The molecule has 134 valence electrons. The summed E-state index contributed by atoms with van der Waals surface area (Å²) in [7, 11) is 1.77. The Balaban J connectivity index is 0.00000144. The number of nitrogens with two attached hydrogens (primary N) is 1. The number of nitrogens with zero attached hydrogens (tertiary/aromatic N) is 2. The molecule has 1 aromatic heterocycles. The van der Waals surface area contributed by atoms with Crippen LogP contribution >= 0.6 is 24.8 Å². The third-order valence-electron chi connectivity index (χ3n) is 4.35. The van der Waals surface area contributed by atoms with Crippen molar-refractivity contribution in [3.8, 4) is 11.3 Å². The van der Waals surface area contributed by atoms with Crippen molar-refractivity contribution >= 4 is 24.8 Å². The first-order chi connectivity index (χ1) is 10.8. The SMILES string of the molecule is COC1CCN(Cc2ncc(-c3ccccc3)o2)C(CN)C1.Cl.Cl. The summed E-state index contributed by atoms with van der Waals surface area (Å²) in [6.45, 7) is 2.29. The van der Waals surface area contributed by atoms with Crippen LogP contribution in [0.4, 0.5) is 0 Å². The molecule has 2 unspecified atom stereocenters. The lowest BCUT2D eigenvalue weighted by molar-refractivity contribution is 0.00743. The van der Waals surface area contributed by atoms with Crippen molar-refractivity contribution in [2.45, 2.75) is 31.5 Å². The highest BCUT2D eigenvalue weighted by atomic mass is 35.5. The molecule has 2 aromatic rings. The number of hydrogen-bond donors (Lipinski definition) is 1. The van der Waals surface area contributed by atoms with Gasteiger partial charge in [0, 0.05) is 31.8 Å². The van der Waals surface area contributed by atoms with E-state index in [4.69, 9.17) is 14.9 Å². The van der Waals surface area contributed by atoms with E-state index in [0.29, 0.717) is 25.2 Å². The number of ether oxygens (including phenoxy) is 1. The van der Waals surface area contributed by atoms with E-state index in [-0.39, 0.29) is 24.8 Å². The standard InChI is InChI=1S/C17H23N3O2.2ClH/c1-21-15-7-8-20(14(9-15)10-18)12-17-19-11-16(22-17)13-5-3-2-4-6-13;;/h2-6,11,14-15H,7-10,12,18H2,1H3;2*1H. The summed E-state index contributed by atoms with van der Waals surface area (Å²) in [5, 5.41) is 0. The molecule has 2 N–H and O–H groups in total. The highest BCUT2D eigenvalue weighted by Gasteiger charge is 2.28. The number of hydrogen-bond acceptors (Lipinski definition) is 5. The molecule has 24 heavy (non-hydrogen) atoms. The minimum absolute atomic E-state index is 0. The molecule has 0 radical (unpaired) electrons. The first-order valence-electron chi connectivity index (χ1n) is 7.77. The number of aromatic nitrogens is 1. The van der Waals surface area contributed by atoms with Gasteiger partial charge in [-0.05, 0) is 12.8 Å². The minimum Gasteiger partial charge on any atom is -0.439 e. The molecule has 5 nitrogen and oxygen atoms in total. The average molecular weight is 374 g/mol. The molecule has 1 fully saturated rings. The number of piperidine rings is 1. The van der Waals surface area contributed by atoms with Gasteiger partial charge >= 0.3 is 0 Å². The topological polar surface area (TPSA) is 64.5 Å². The highest BCUT2D eigenvalue weighted by Crippen LogP contribution is 2.24. The zero-order valence-electron chi connectivity index (χ0n) is 13.8. The molecule has 1 aliphatic rings. The minimum atomic E-state index is 0. The van der Waals surface area contributed by atoms with Gasteiger partial charge in [0.2, 0.25) is 5.89 Å². The van der Waals surface area contributed by atoms with E-state index in [9.17, 15) is 0 Å². The van der Waals surface area contributed by atoms with Gasteiger partial charge in [-0.1, -0.05) is 30.3 Å². The molecule has 0 saturated carbocycles. The van der Waals surface area contributed by atoms with E-state index in [1.807, 2.05) is 30.3 Å². The van der Waals surface area contributed by atoms with Crippen LogP contribution in [0.2, 0.25) is 0 Å². The predicted octanol–water partition coefficient (Wildman–Crippen LogP) is 3.12. The Morgan fingerprint density at radius 2 is 2.04 bits per heavy atom. The normalized spacial score (nSPS) is 20.9. The lowest BCUT2D eigenvalue weighted by atomic mass is 9.99. The molecule has 1 saturated heterocycles. The maximum absolute atomic E-state index is 5.91. The fourth-order valence-electron chi connectivity index (χ4n) is 3.02. The van der Waals surface area contributed by atoms with Gasteiger partial charge in [-0.3, -0.25) is 4.90 Å². The van der Waals surface area contributed by atoms with Crippen molar-refractivity contribution in [1.29, 1.82) is 0 Å². The number of rotatable bonds is 5. The number of oxazole rings is 1. The molecule has 1 aromatic carbocycles. The first-order valence-corrected chi connectivity index (χ1v) is 7.77. The lowest BCUT2D eigenvalue weighted by Crippen LogP contribution is -2.48. The fraction of sp³-hybridized carbons (Fsp3) is 0.471. The maximum atomic E-state index is 5.91. The van der Waals surface area contributed by atoms with E-state index in [1.165, 1.54) is 0 Å². The summed E-state index contributed by atoms with van der Waals surface area (Å²) in [5.74, 6) is 1.56. The zero-order valence-corrected chi connectivity index (χ0v) is 15.4. The second kappa shape index (κ2) is 10.0. The van der Waals surface area contributed by atoms with Crippen LogP contribution in [-0.4, -0.2) is 42.2 Å². The van der Waals surface area contributed by atoms with Crippen LogP contribution in [0.3, 0.4) is 0 Å². The van der Waals surface area contributed by atoms with Crippen LogP contribution in [0.25, 0.3) is 11.3 Å². The number of methoxy groups -OCH3 is 1. The van der Waals surface area contributed by atoms with Gasteiger partial charge in [0.15, 0.2) is 5.76 Å². The lowest BCUT2D eigenvalue weighted by Gasteiger charge is -2.37. The van der Waals surface area contributed by atoms with Gasteiger partial charge < -0.3 is 14.9 Å². The molecule has 7 heteroatoms. The third-order valence-corrected chi connectivity index (χ3v) is 4.35. The van der Waals surface area contributed by atoms with E-state index < -0.39 is 0 Å². The van der Waals surface area contributed by atoms with Crippen LogP contribution in [0.15, 0.2) is 40.9 Å². The summed E-state index contributed by atoms with van der Waals surface area (Å²) >= 11 is 0. The number of likely N-dealkylation sites (tertiary alicyclic amines) is 1. The fourth-order valence-corrected chi connectivity index (χ4v) is 3.02. The van der Waals surface area contributed by atoms with Gasteiger partial charge in [0.25, 0.3) is 0 Å². The van der Waals surface area contributed by atoms with Crippen molar-refractivity contribution in [2.24, 2.45) is 5.73 Å². The Morgan fingerprint density at radius 3 is 2.71 bits per heavy atom. The summed E-state index contributed by atoms with van der Waals surface area (Å²) in [6, 6.07) is 10.4. The summed E-state index contributed by atoms with van der Waals surface area (Å²) in [4.78, 5) is 6.76. The van der Waals surface area contributed by atoms with Crippen molar-refractivity contribution in [3.05, 3.63) is 42.4 Å². The molecular weight excluding hydrogens is 349 g/mol. The predicted molar refractivity (Wildman–Crippen MR) is 99.7 cm³/mol. The van der Waals surface area contributed by atoms with Crippen molar-refractivity contribution in [3.63, 3.8) is 0 Å². The monoisotopic (exact) mass is 373 g/mol. The Kier molecular flexibility index (Phi) is 8.73. The van der Waals surface area contributed by atoms with Crippen LogP contribution in [0.1, 0.15) is 18.7 Å². The van der Waals surface area contributed by atoms with E-state index in [2.05, 4.69) is 9.88 Å². The van der Waals surface area contributed by atoms with Gasteiger partial charge in [-0.25, -0.2) is 4.98 Å². The number of benzene rings is 1. The van der Waals surface area contributed by atoms with E-state index >= 15 is 0 Å². The van der Waals surface area contributed by atoms with E-state index in [1.54, 1.807) is 13.3 Å². The maximum Gasteiger partial charge on any atom is 0.209 e. The van der Waals surface area contributed by atoms with Gasteiger partial charge in [-0.2, -0.15) is 0 Å². The Labute approximate surface area is 155 Å². The van der Waals surface area contributed by atoms with Crippen LogP contribution in [0, 0.1) is 0 Å². The highest BCUT2D eigenvalue weighted by molar-refractivity contribution is 5.85. The van der Waals surface area contributed by atoms with Gasteiger partial charge in [-0.15, -0.1) is 24.8 Å². The van der Waals surface area contributed by atoms with Crippen LogP contribution < -0.4 is 5.73 Å². The molecule has 3 rings (SSSR count). The van der Waals surface area contributed by atoms with Gasteiger partial charge in [0.1, 0.15) is 0 Å². The summed E-state index contributed by atoms with van der Waals surface area (Å²) in [6.07, 6.45) is 4.11. The summed E-state index contributed by atoms with van der Waals surface area (Å²) in [5.41, 5.74) is 6.96. The van der Waals surface area contributed by atoms with E-state index in [0.717, 1.165) is 36.6 Å². The molecular formula is C17H25Cl2N3O2. The first kappa shape index (κ1) is 20.9. The molecule has 0 bridgehead atoms. The second-order valence-electron chi connectivity index (χ2n) is 5.73. The van der Waals surface area contributed by atoms with Crippen LogP contribution in [-0.2, 0) is 11.3 Å². The van der Waals surface area contributed by atoms with Gasteiger partial charge in [0.05, 0.1) is 18.8 Å². The van der Waals surface area contributed by atoms with Crippen molar-refractivity contribution in [1.82, 2.24) is 9.88 Å². The Hall–Kier alpha value is -1.11. The number of halogens is 2. The quantitative estimate of drug-likeness (QED) is 0.871. The van der Waals surface area contributed by atoms with Crippen LogP contribution in [0.5, 0.6) is 0 Å². The Bertz CT molecular complexity index is 595. The summed E-state index contributed by atoms with van der Waals surface area (Å²) < 4.78 is 11.4. The Morgan fingerprint density at radius 1 is 1.29 bits per heavy atom. The average Bonchev–Trinajstić information content (AvgIpc) is 3.04. The molecule has 1 aliphatic heterocycles. The largest absolute Gasteiger partial charge is 0.439 e.